The molecule has 4 nitrogen and oxygen atoms in total. The zero-order valence-electron chi connectivity index (χ0n) is 15.2. The average molecular weight is 413 g/mol. The summed E-state index contributed by atoms with van der Waals surface area (Å²) < 4.78 is 37.0. The van der Waals surface area contributed by atoms with E-state index >= 15 is 0 Å². The van der Waals surface area contributed by atoms with Gasteiger partial charge in [0, 0.05) is 4.90 Å². The molecule has 0 saturated heterocycles. The molecule has 1 unspecified atom stereocenters. The second kappa shape index (κ2) is 8.29. The van der Waals surface area contributed by atoms with Crippen molar-refractivity contribution in [3.8, 4) is 11.5 Å². The summed E-state index contributed by atoms with van der Waals surface area (Å²) in [6.07, 6.45) is 0. The van der Waals surface area contributed by atoms with Crippen LogP contribution >= 0.6 is 11.8 Å². The predicted octanol–water partition coefficient (Wildman–Crippen LogP) is 4.77. The summed E-state index contributed by atoms with van der Waals surface area (Å²) in [6.45, 7) is 0.618. The second-order valence-electron chi connectivity index (χ2n) is 6.39. The molecule has 0 saturated carbocycles. The number of para-hydroxylation sites is 1. The van der Waals surface area contributed by atoms with Crippen molar-refractivity contribution in [3.05, 3.63) is 84.4 Å². The molecule has 0 amide bonds. The van der Waals surface area contributed by atoms with Crippen LogP contribution in [0.4, 0.5) is 0 Å². The van der Waals surface area contributed by atoms with Crippen LogP contribution in [0.3, 0.4) is 0 Å². The molecule has 0 aliphatic carbocycles. The molecule has 0 aromatic heterocycles. The molecular weight excluding hydrogens is 392 g/mol. The largest absolute Gasteiger partial charge is 0.490 e. The third-order valence-electron chi connectivity index (χ3n) is 4.41. The maximum absolute atomic E-state index is 12.8. The minimum Gasteiger partial charge on any atom is -0.490 e. The SMILES string of the molecule is O=S1(=O)CC(Sc2ccccc2)c2cccc(OCCOc3ccccc3)c21. The maximum Gasteiger partial charge on any atom is 0.183 e. The van der Waals surface area contributed by atoms with E-state index in [1.165, 1.54) is 0 Å². The van der Waals surface area contributed by atoms with Crippen LogP contribution < -0.4 is 9.47 Å². The van der Waals surface area contributed by atoms with Crippen LogP contribution in [-0.4, -0.2) is 27.4 Å². The Morgan fingerprint density at radius 2 is 1.50 bits per heavy atom. The lowest BCUT2D eigenvalue weighted by molar-refractivity contribution is 0.213. The molecule has 3 aromatic rings. The summed E-state index contributed by atoms with van der Waals surface area (Å²) in [4.78, 5) is 1.38. The molecule has 3 aromatic carbocycles. The zero-order chi connectivity index (χ0) is 19.4. The van der Waals surface area contributed by atoms with Gasteiger partial charge < -0.3 is 9.47 Å². The molecule has 6 heteroatoms. The molecule has 1 heterocycles. The van der Waals surface area contributed by atoms with Gasteiger partial charge in [-0.15, -0.1) is 11.8 Å². The Balaban J connectivity index is 1.48. The Kier molecular flexibility index (Phi) is 5.59. The van der Waals surface area contributed by atoms with E-state index in [1.807, 2.05) is 72.8 Å². The number of sulfone groups is 1. The molecule has 0 radical (unpaired) electrons. The summed E-state index contributed by atoms with van der Waals surface area (Å²) >= 11 is 1.57. The van der Waals surface area contributed by atoms with Gasteiger partial charge in [-0.3, -0.25) is 0 Å². The van der Waals surface area contributed by atoms with Crippen LogP contribution in [0.5, 0.6) is 11.5 Å². The second-order valence-corrected chi connectivity index (χ2v) is 9.63. The number of hydrogen-bond donors (Lipinski definition) is 0. The van der Waals surface area contributed by atoms with Gasteiger partial charge in [0.05, 0.1) is 11.0 Å². The Labute approximate surface area is 169 Å². The fraction of sp³-hybridized carbons (Fsp3) is 0.182. The Morgan fingerprint density at radius 1 is 0.821 bits per heavy atom. The van der Waals surface area contributed by atoms with Gasteiger partial charge in [-0.1, -0.05) is 48.5 Å². The number of fused-ring (bicyclic) bond motifs is 1. The number of thioether (sulfide) groups is 1. The van der Waals surface area contributed by atoms with Gasteiger partial charge in [0.1, 0.15) is 29.6 Å². The molecule has 1 aliphatic heterocycles. The number of ether oxygens (including phenoxy) is 2. The summed E-state index contributed by atoms with van der Waals surface area (Å²) in [5.41, 5.74) is 0.815. The first kappa shape index (κ1) is 18.9. The van der Waals surface area contributed by atoms with Gasteiger partial charge in [0.15, 0.2) is 9.84 Å². The molecule has 28 heavy (non-hydrogen) atoms. The monoisotopic (exact) mass is 412 g/mol. The maximum atomic E-state index is 12.8. The zero-order valence-corrected chi connectivity index (χ0v) is 16.8. The van der Waals surface area contributed by atoms with Crippen molar-refractivity contribution in [1.82, 2.24) is 0 Å². The van der Waals surface area contributed by atoms with Crippen molar-refractivity contribution in [2.75, 3.05) is 19.0 Å². The Bertz CT molecular complexity index is 1030. The average Bonchev–Trinajstić information content (AvgIpc) is 2.97. The third kappa shape index (κ3) is 4.18. The van der Waals surface area contributed by atoms with Gasteiger partial charge in [0.25, 0.3) is 0 Å². The summed E-state index contributed by atoms with van der Waals surface area (Å²) in [5, 5.41) is -0.133. The van der Waals surface area contributed by atoms with E-state index in [1.54, 1.807) is 17.8 Å². The van der Waals surface area contributed by atoms with Gasteiger partial charge in [-0.25, -0.2) is 8.42 Å². The minimum absolute atomic E-state index is 0.0861. The Hall–Kier alpha value is -2.44. The number of rotatable bonds is 7. The highest BCUT2D eigenvalue weighted by Gasteiger charge is 2.38. The molecule has 1 atom stereocenters. The van der Waals surface area contributed by atoms with E-state index in [4.69, 9.17) is 9.47 Å². The summed E-state index contributed by atoms with van der Waals surface area (Å²) in [6, 6.07) is 24.8. The summed E-state index contributed by atoms with van der Waals surface area (Å²) in [7, 11) is -3.38. The third-order valence-corrected chi connectivity index (χ3v) is 7.70. The first-order valence-corrected chi connectivity index (χ1v) is 11.5. The normalized spacial score (nSPS) is 17.1. The fourth-order valence-electron chi connectivity index (χ4n) is 3.19. The molecule has 0 fully saturated rings. The Morgan fingerprint density at radius 3 is 2.25 bits per heavy atom. The van der Waals surface area contributed by atoms with E-state index in [0.717, 1.165) is 16.2 Å². The van der Waals surface area contributed by atoms with Crippen LogP contribution in [0, 0.1) is 0 Å². The van der Waals surface area contributed by atoms with Crippen molar-refractivity contribution in [1.29, 1.82) is 0 Å². The predicted molar refractivity (Wildman–Crippen MR) is 111 cm³/mol. The lowest BCUT2D eigenvalue weighted by atomic mass is 10.1. The van der Waals surface area contributed by atoms with Crippen molar-refractivity contribution in [2.45, 2.75) is 15.0 Å². The molecule has 0 spiro atoms. The molecule has 0 N–H and O–H groups in total. The smallest absolute Gasteiger partial charge is 0.183 e. The minimum atomic E-state index is -3.38. The molecular formula is C22H20O4S2. The van der Waals surface area contributed by atoms with Crippen LogP contribution in [0.15, 0.2) is 88.7 Å². The van der Waals surface area contributed by atoms with Crippen molar-refractivity contribution >= 4 is 21.6 Å². The molecule has 0 bridgehead atoms. The van der Waals surface area contributed by atoms with Gasteiger partial charge in [-0.2, -0.15) is 0 Å². The summed E-state index contributed by atoms with van der Waals surface area (Å²) in [5.74, 6) is 1.25. The van der Waals surface area contributed by atoms with Crippen molar-refractivity contribution in [2.24, 2.45) is 0 Å². The van der Waals surface area contributed by atoms with E-state index in [2.05, 4.69) is 0 Å². The van der Waals surface area contributed by atoms with Crippen molar-refractivity contribution < 1.29 is 17.9 Å². The molecule has 1 aliphatic rings. The van der Waals surface area contributed by atoms with Crippen LogP contribution in [0.1, 0.15) is 10.8 Å². The highest BCUT2D eigenvalue weighted by molar-refractivity contribution is 8.01. The molecule has 144 valence electrons. The van der Waals surface area contributed by atoms with Gasteiger partial charge in [0.2, 0.25) is 0 Å². The van der Waals surface area contributed by atoms with E-state index in [-0.39, 0.29) is 17.6 Å². The molecule has 4 rings (SSSR count). The van der Waals surface area contributed by atoms with E-state index in [0.29, 0.717) is 17.3 Å². The van der Waals surface area contributed by atoms with Crippen LogP contribution in [-0.2, 0) is 9.84 Å². The van der Waals surface area contributed by atoms with Gasteiger partial charge >= 0.3 is 0 Å². The van der Waals surface area contributed by atoms with Crippen LogP contribution in [0.25, 0.3) is 0 Å². The topological polar surface area (TPSA) is 52.6 Å². The first-order chi connectivity index (χ1) is 13.6. The first-order valence-electron chi connectivity index (χ1n) is 9.01. The van der Waals surface area contributed by atoms with Gasteiger partial charge in [-0.05, 0) is 35.9 Å². The number of hydrogen-bond acceptors (Lipinski definition) is 5. The van der Waals surface area contributed by atoms with E-state index in [9.17, 15) is 8.42 Å². The van der Waals surface area contributed by atoms with Crippen LogP contribution in [0.2, 0.25) is 0 Å². The van der Waals surface area contributed by atoms with Crippen molar-refractivity contribution in [3.63, 3.8) is 0 Å². The lowest BCUT2D eigenvalue weighted by Gasteiger charge is -2.12. The lowest BCUT2D eigenvalue weighted by Crippen LogP contribution is -2.11. The highest BCUT2D eigenvalue weighted by Crippen LogP contribution is 2.47. The standard InChI is InChI=1S/C22H20O4S2/c23-28(24)16-21(27-18-10-5-2-6-11-18)19-12-7-13-20(22(19)28)26-15-14-25-17-8-3-1-4-9-17/h1-13,21H,14-16H2. The quantitative estimate of drug-likeness (QED) is 0.524. The van der Waals surface area contributed by atoms with E-state index < -0.39 is 9.84 Å². The highest BCUT2D eigenvalue weighted by atomic mass is 32.2. The fourth-order valence-corrected chi connectivity index (χ4v) is 6.79. The number of benzene rings is 3.